The number of hydrogen-bond donors (Lipinski definition) is 1. The summed E-state index contributed by atoms with van der Waals surface area (Å²) in [6.45, 7) is 0.0352. The van der Waals surface area contributed by atoms with Gasteiger partial charge in [0.25, 0.3) is 0 Å². The molecule has 1 atom stereocenters. The molecule has 1 fully saturated rings. The zero-order chi connectivity index (χ0) is 14.0. The summed E-state index contributed by atoms with van der Waals surface area (Å²) in [6, 6.07) is 4.65. The van der Waals surface area contributed by atoms with Crippen LogP contribution in [0.1, 0.15) is 11.6 Å². The first-order chi connectivity index (χ1) is 8.88. The number of alkyl carbamates (subject to hydrolysis) is 1. The number of cyclic esters (lactones) is 1. The second-order valence-electron chi connectivity index (χ2n) is 3.83. The third-order valence-electron chi connectivity index (χ3n) is 2.44. The van der Waals surface area contributed by atoms with Gasteiger partial charge in [-0.2, -0.15) is 17.6 Å². The Labute approximate surface area is 105 Å². The number of halogens is 4. The lowest BCUT2D eigenvalue weighted by Crippen LogP contribution is -2.33. The number of amides is 1. The largest absolute Gasteiger partial charge is 0.461 e. The van der Waals surface area contributed by atoms with E-state index in [2.05, 4.69) is 14.8 Å². The summed E-state index contributed by atoms with van der Waals surface area (Å²) in [5.74, 6) is -0.413. The van der Waals surface area contributed by atoms with E-state index < -0.39 is 30.4 Å². The van der Waals surface area contributed by atoms with Crippen molar-refractivity contribution in [2.75, 3.05) is 6.61 Å². The highest BCUT2D eigenvalue weighted by atomic mass is 19.3. The summed E-state index contributed by atoms with van der Waals surface area (Å²) >= 11 is 0. The lowest BCUT2D eigenvalue weighted by molar-refractivity contribution is -0.253. The van der Waals surface area contributed by atoms with Crippen LogP contribution < -0.4 is 10.1 Å². The molecule has 19 heavy (non-hydrogen) atoms. The van der Waals surface area contributed by atoms with E-state index in [0.717, 1.165) is 12.1 Å². The lowest BCUT2D eigenvalue weighted by Gasteiger charge is -2.17. The lowest BCUT2D eigenvalue weighted by atomic mass is 10.1. The van der Waals surface area contributed by atoms with Gasteiger partial charge in [-0.1, -0.05) is 12.1 Å². The van der Waals surface area contributed by atoms with Crippen LogP contribution in [0.25, 0.3) is 0 Å². The van der Waals surface area contributed by atoms with Crippen LogP contribution in [0.4, 0.5) is 22.4 Å². The summed E-state index contributed by atoms with van der Waals surface area (Å²) in [5, 5.41) is 2.43. The maximum Gasteiger partial charge on any atom is 0.461 e. The molecule has 1 aliphatic heterocycles. The number of rotatable bonds is 4. The maximum absolute atomic E-state index is 12.7. The van der Waals surface area contributed by atoms with Crippen molar-refractivity contribution in [3.05, 3.63) is 29.8 Å². The van der Waals surface area contributed by atoms with Gasteiger partial charge in [0, 0.05) is 0 Å². The Morgan fingerprint density at radius 2 is 2.16 bits per heavy atom. The van der Waals surface area contributed by atoms with Gasteiger partial charge in [-0.3, -0.25) is 0 Å². The quantitative estimate of drug-likeness (QED) is 0.862. The fraction of sp³-hybridized carbons (Fsp3) is 0.364. The zero-order valence-corrected chi connectivity index (χ0v) is 9.41. The van der Waals surface area contributed by atoms with Gasteiger partial charge in [-0.25, -0.2) is 4.79 Å². The molecule has 1 N–H and O–H groups in total. The Balaban J connectivity index is 2.13. The summed E-state index contributed by atoms with van der Waals surface area (Å²) in [4.78, 5) is 10.8. The molecule has 1 heterocycles. The van der Waals surface area contributed by atoms with Crippen LogP contribution in [0.5, 0.6) is 5.75 Å². The third-order valence-corrected chi connectivity index (χ3v) is 2.44. The standard InChI is InChI=1S/C11H9F4NO3/c12-9(13)11(14,15)19-7-3-1-2-6(4-7)8-5-18-10(17)16-8/h1-4,8-9H,5H2,(H,16,17)/t8-/m0/s1. The Hall–Kier alpha value is -1.99. The van der Waals surface area contributed by atoms with Gasteiger partial charge in [-0.05, 0) is 17.7 Å². The van der Waals surface area contributed by atoms with Gasteiger partial charge in [0.2, 0.25) is 0 Å². The molecule has 1 aliphatic rings. The number of benzene rings is 1. The van der Waals surface area contributed by atoms with Crippen molar-refractivity contribution >= 4 is 6.09 Å². The topological polar surface area (TPSA) is 47.6 Å². The van der Waals surface area contributed by atoms with E-state index in [9.17, 15) is 22.4 Å². The average Bonchev–Trinajstić information content (AvgIpc) is 2.75. The highest BCUT2D eigenvalue weighted by Crippen LogP contribution is 2.29. The van der Waals surface area contributed by atoms with Crippen molar-refractivity contribution < 1.29 is 31.8 Å². The van der Waals surface area contributed by atoms with E-state index in [0.29, 0.717) is 5.56 Å². The second-order valence-corrected chi connectivity index (χ2v) is 3.83. The van der Waals surface area contributed by atoms with E-state index in [1.807, 2.05) is 0 Å². The second kappa shape index (κ2) is 4.94. The van der Waals surface area contributed by atoms with Crippen molar-refractivity contribution in [2.45, 2.75) is 18.6 Å². The van der Waals surface area contributed by atoms with Crippen molar-refractivity contribution in [3.63, 3.8) is 0 Å². The zero-order valence-electron chi connectivity index (χ0n) is 9.41. The Morgan fingerprint density at radius 1 is 1.42 bits per heavy atom. The Bertz CT molecular complexity index is 481. The van der Waals surface area contributed by atoms with E-state index in [1.165, 1.54) is 12.1 Å². The molecule has 0 bridgehead atoms. The first-order valence-electron chi connectivity index (χ1n) is 5.27. The average molecular weight is 279 g/mol. The molecule has 4 nitrogen and oxygen atoms in total. The van der Waals surface area contributed by atoms with Crippen LogP contribution in [0.2, 0.25) is 0 Å². The monoisotopic (exact) mass is 279 g/mol. The molecule has 2 rings (SSSR count). The highest BCUT2D eigenvalue weighted by Gasteiger charge is 2.44. The van der Waals surface area contributed by atoms with Crippen molar-refractivity contribution in [1.29, 1.82) is 0 Å². The van der Waals surface area contributed by atoms with Gasteiger partial charge in [0.05, 0.1) is 6.04 Å². The first kappa shape index (κ1) is 13.4. The predicted molar refractivity (Wildman–Crippen MR) is 55.2 cm³/mol. The molecule has 1 aromatic carbocycles. The molecule has 0 spiro atoms. The smallest absolute Gasteiger partial charge is 0.447 e. The number of nitrogens with one attached hydrogen (secondary N) is 1. The minimum absolute atomic E-state index is 0.0352. The van der Waals surface area contributed by atoms with Gasteiger partial charge >= 0.3 is 18.6 Å². The molecular weight excluding hydrogens is 270 g/mol. The van der Waals surface area contributed by atoms with Crippen LogP contribution in [0.3, 0.4) is 0 Å². The summed E-state index contributed by atoms with van der Waals surface area (Å²) < 4.78 is 58.1. The Kier molecular flexibility index (Phi) is 3.50. The van der Waals surface area contributed by atoms with Crippen LogP contribution in [-0.2, 0) is 4.74 Å². The summed E-state index contributed by atoms with van der Waals surface area (Å²) in [5.41, 5.74) is 0.424. The molecule has 8 heteroatoms. The molecule has 1 aromatic rings. The molecule has 1 amide bonds. The summed E-state index contributed by atoms with van der Waals surface area (Å²) in [7, 11) is 0. The number of carbonyl (C=O) groups excluding carboxylic acids is 1. The molecule has 0 radical (unpaired) electrons. The molecule has 1 saturated heterocycles. The van der Waals surface area contributed by atoms with E-state index in [-0.39, 0.29) is 6.61 Å². The van der Waals surface area contributed by atoms with Crippen molar-refractivity contribution in [1.82, 2.24) is 5.32 Å². The molecule has 0 saturated carbocycles. The van der Waals surface area contributed by atoms with Crippen LogP contribution in [0.15, 0.2) is 24.3 Å². The molecule has 0 aromatic heterocycles. The molecule has 0 aliphatic carbocycles. The van der Waals surface area contributed by atoms with Gasteiger partial charge < -0.3 is 14.8 Å². The third kappa shape index (κ3) is 3.07. The Morgan fingerprint density at radius 3 is 2.74 bits per heavy atom. The minimum atomic E-state index is -4.56. The van der Waals surface area contributed by atoms with Gasteiger partial charge in [-0.15, -0.1) is 0 Å². The molecule has 104 valence electrons. The number of ether oxygens (including phenoxy) is 2. The normalized spacial score (nSPS) is 19.2. The maximum atomic E-state index is 12.7. The van der Waals surface area contributed by atoms with Crippen molar-refractivity contribution in [2.24, 2.45) is 0 Å². The highest BCUT2D eigenvalue weighted by molar-refractivity contribution is 5.70. The van der Waals surface area contributed by atoms with Gasteiger partial charge in [0.1, 0.15) is 12.4 Å². The predicted octanol–water partition coefficient (Wildman–Crippen LogP) is 2.70. The van der Waals surface area contributed by atoms with Crippen LogP contribution in [-0.4, -0.2) is 25.2 Å². The molecular formula is C11H9F4NO3. The fourth-order valence-electron chi connectivity index (χ4n) is 1.56. The number of hydrogen-bond acceptors (Lipinski definition) is 3. The van der Waals surface area contributed by atoms with Crippen LogP contribution >= 0.6 is 0 Å². The van der Waals surface area contributed by atoms with Crippen LogP contribution in [0, 0.1) is 0 Å². The molecule has 0 unspecified atom stereocenters. The minimum Gasteiger partial charge on any atom is -0.447 e. The number of carbonyl (C=O) groups is 1. The van der Waals surface area contributed by atoms with E-state index >= 15 is 0 Å². The SMILES string of the molecule is O=C1N[C@H](c2cccc(OC(F)(F)C(F)F)c2)CO1. The van der Waals surface area contributed by atoms with Crippen molar-refractivity contribution in [3.8, 4) is 5.75 Å². The van der Waals surface area contributed by atoms with E-state index in [4.69, 9.17) is 0 Å². The number of alkyl halides is 4. The fourth-order valence-corrected chi connectivity index (χ4v) is 1.56. The first-order valence-corrected chi connectivity index (χ1v) is 5.27. The summed E-state index contributed by atoms with van der Waals surface area (Å²) in [6.07, 6.45) is -9.12. The van der Waals surface area contributed by atoms with Gasteiger partial charge in [0.15, 0.2) is 0 Å². The van der Waals surface area contributed by atoms with E-state index in [1.54, 1.807) is 0 Å².